The Hall–Kier alpha value is 0.999. The molecule has 2 heteroatoms. The number of hydrogen-bond acceptors (Lipinski definition) is 0. The fraction of sp³-hybridized carbons (Fsp3) is 1.00. The minimum atomic E-state index is 1.08. The van der Waals surface area contributed by atoms with Crippen LogP contribution in [0.5, 0.6) is 0 Å². The van der Waals surface area contributed by atoms with E-state index in [1.165, 1.54) is 12.8 Å². The van der Waals surface area contributed by atoms with E-state index in [1.54, 1.807) is 0 Å². The van der Waals surface area contributed by atoms with E-state index in [1.807, 2.05) is 0 Å². The van der Waals surface area contributed by atoms with Crippen molar-refractivity contribution < 1.29 is 16.0 Å². The van der Waals surface area contributed by atoms with Crippen molar-refractivity contribution in [1.29, 1.82) is 0 Å². The predicted molar refractivity (Wildman–Crippen MR) is 27.8 cm³/mol. The molecule has 0 radical (unpaired) electrons. The van der Waals surface area contributed by atoms with Gasteiger partial charge in [0.25, 0.3) is 0 Å². The van der Waals surface area contributed by atoms with Gasteiger partial charge in [-0.25, -0.2) is 0 Å². The molecule has 6 heavy (non-hydrogen) atoms. The molecule has 0 saturated heterocycles. The van der Waals surface area contributed by atoms with Crippen LogP contribution >= 0.6 is 15.9 Å². The van der Waals surface area contributed by atoms with Gasteiger partial charge in [-0.3, -0.25) is 0 Å². The third-order valence-electron chi connectivity index (χ3n) is 0.509. The molecule has 39 valence electrons. The third-order valence-corrected chi connectivity index (χ3v) is 1.46. The van der Waals surface area contributed by atoms with Crippen LogP contribution in [0.2, 0.25) is 5.32 Å². The summed E-state index contributed by atoms with van der Waals surface area (Å²) in [6.07, 6.45) is 2.52. The van der Waals surface area contributed by atoms with Gasteiger partial charge in [-0.1, -0.05) is 0 Å². The first-order valence-corrected chi connectivity index (χ1v) is 3.92. The first-order valence-electron chi connectivity index (χ1n) is 2.02. The summed E-state index contributed by atoms with van der Waals surface area (Å²) >= 11 is 7.02. The van der Waals surface area contributed by atoms with Crippen molar-refractivity contribution in [3.05, 3.63) is 0 Å². The maximum atomic E-state index is 3.70. The molecule has 0 spiro atoms. The third kappa shape index (κ3) is 5.00. The summed E-state index contributed by atoms with van der Waals surface area (Å²) in [5.41, 5.74) is 0. The molecule has 0 saturated carbocycles. The fourth-order valence-electron chi connectivity index (χ4n) is 0.183. The van der Waals surface area contributed by atoms with E-state index in [2.05, 4.69) is 31.9 Å². The van der Waals surface area contributed by atoms with Crippen LogP contribution in [0.25, 0.3) is 0 Å². The normalized spacial score (nSPS) is 9.00. The van der Waals surface area contributed by atoms with Crippen molar-refractivity contribution in [2.45, 2.75) is 18.2 Å². The average Bonchev–Trinajstić information content (AvgIpc) is 1.61. The van der Waals surface area contributed by atoms with E-state index in [4.69, 9.17) is 0 Å². The molecule has 0 aliphatic carbocycles. The Morgan fingerprint density at radius 1 is 1.33 bits per heavy atom. The van der Waals surface area contributed by atoms with E-state index in [0.717, 1.165) is 10.6 Å². The number of rotatable bonds is 3. The second kappa shape index (κ2) is 6.00. The second-order valence-corrected chi connectivity index (χ2v) is 2.42. The molecule has 0 aliphatic rings. The van der Waals surface area contributed by atoms with Crippen LogP contribution in [0.3, 0.4) is 0 Å². The summed E-state index contributed by atoms with van der Waals surface area (Å²) in [6, 6.07) is 0. The number of hydrogen-bond donors (Lipinski definition) is 0. The van der Waals surface area contributed by atoms with Crippen LogP contribution < -0.4 is 0 Å². The summed E-state index contributed by atoms with van der Waals surface area (Å²) in [4.78, 5) is 0. The molecule has 0 unspecified atom stereocenters. The molecule has 0 aromatic carbocycles. The van der Waals surface area contributed by atoms with Gasteiger partial charge in [0.15, 0.2) is 0 Å². The second-order valence-electron chi connectivity index (χ2n) is 1.07. The van der Waals surface area contributed by atoms with E-state index >= 15 is 0 Å². The molecule has 0 heterocycles. The molecule has 0 N–H and O–H groups in total. The van der Waals surface area contributed by atoms with Crippen molar-refractivity contribution in [2.24, 2.45) is 0 Å². The van der Waals surface area contributed by atoms with Crippen LogP contribution in [-0.4, -0.2) is 5.33 Å². The first-order chi connectivity index (χ1) is 2.91. The van der Waals surface area contributed by atoms with Crippen molar-refractivity contribution in [2.75, 3.05) is 5.33 Å². The zero-order valence-corrected chi connectivity index (χ0v) is 6.25. The van der Waals surface area contributed by atoms with Gasteiger partial charge in [0.05, 0.1) is 0 Å². The number of alkyl halides is 1. The monoisotopic (exact) mass is 191 g/mol. The summed E-state index contributed by atoms with van der Waals surface area (Å²) in [7, 11) is 0. The molecule has 0 aromatic heterocycles. The zero-order valence-electron chi connectivity index (χ0n) is 3.56. The number of unbranched alkanes of at least 4 members (excludes halogenated alkanes) is 1. The SMILES string of the molecule is [Fe][CH2]CCCBr. The Morgan fingerprint density at radius 2 is 2.00 bits per heavy atom. The van der Waals surface area contributed by atoms with Gasteiger partial charge in [0, 0.05) is 0 Å². The van der Waals surface area contributed by atoms with Gasteiger partial charge in [-0.05, 0) is 0 Å². The Balaban J connectivity index is 2.34. The predicted octanol–water partition coefficient (Wildman–Crippen LogP) is 2.13. The number of halogens is 1. The van der Waals surface area contributed by atoms with Crippen molar-refractivity contribution >= 4 is 15.9 Å². The first kappa shape index (κ1) is 7.00. The maximum absolute atomic E-state index is 3.70. The van der Waals surface area contributed by atoms with E-state index < -0.39 is 0 Å². The molecular weight excluding hydrogens is 184 g/mol. The van der Waals surface area contributed by atoms with Crippen LogP contribution in [0.1, 0.15) is 12.8 Å². The van der Waals surface area contributed by atoms with Crippen molar-refractivity contribution in [3.8, 4) is 0 Å². The Kier molecular flexibility index (Phi) is 7.00. The topological polar surface area (TPSA) is 0 Å². The zero-order chi connectivity index (χ0) is 4.83. The summed E-state index contributed by atoms with van der Waals surface area (Å²) in [5.74, 6) is 0. The molecule has 0 fully saturated rings. The van der Waals surface area contributed by atoms with Crippen LogP contribution in [0, 0.1) is 0 Å². The van der Waals surface area contributed by atoms with Gasteiger partial charge >= 0.3 is 55.4 Å². The standard InChI is InChI=1S/C4H8Br.Fe/c1-2-3-4-5;/h1-4H2;. The fourth-order valence-corrected chi connectivity index (χ4v) is 0.855. The summed E-state index contributed by atoms with van der Waals surface area (Å²) in [5, 5.41) is 2.20. The summed E-state index contributed by atoms with van der Waals surface area (Å²) < 4.78 is 0. The summed E-state index contributed by atoms with van der Waals surface area (Å²) in [6.45, 7) is 0. The molecule has 0 bridgehead atoms. The molecule has 0 atom stereocenters. The van der Waals surface area contributed by atoms with Gasteiger partial charge in [-0.2, -0.15) is 0 Å². The molecule has 0 rings (SSSR count). The average molecular weight is 192 g/mol. The molecule has 0 nitrogen and oxygen atoms in total. The van der Waals surface area contributed by atoms with E-state index in [-0.39, 0.29) is 0 Å². The molecule has 0 amide bonds. The van der Waals surface area contributed by atoms with Crippen molar-refractivity contribution in [3.63, 3.8) is 0 Å². The van der Waals surface area contributed by atoms with Crippen LogP contribution in [0.4, 0.5) is 0 Å². The molecule has 0 aromatic rings. The van der Waals surface area contributed by atoms with Gasteiger partial charge in [0.1, 0.15) is 0 Å². The Bertz CT molecular complexity index is 19.5. The van der Waals surface area contributed by atoms with Crippen LogP contribution in [0.15, 0.2) is 0 Å². The molecular formula is C4H8BrFe. The van der Waals surface area contributed by atoms with E-state index in [9.17, 15) is 0 Å². The molecule has 0 aliphatic heterocycles. The minimum absolute atomic E-state index is 1.08. The van der Waals surface area contributed by atoms with Crippen molar-refractivity contribution in [1.82, 2.24) is 0 Å². The van der Waals surface area contributed by atoms with Gasteiger partial charge < -0.3 is 0 Å². The van der Waals surface area contributed by atoms with E-state index in [0.29, 0.717) is 0 Å². The Labute approximate surface area is 55.6 Å². The quantitative estimate of drug-likeness (QED) is 0.365. The van der Waals surface area contributed by atoms with Gasteiger partial charge in [0.2, 0.25) is 0 Å². The van der Waals surface area contributed by atoms with Gasteiger partial charge in [-0.15, -0.1) is 0 Å². The Morgan fingerprint density at radius 3 is 2.17 bits per heavy atom. The van der Waals surface area contributed by atoms with Crippen LogP contribution in [-0.2, 0) is 16.0 Å².